The second-order valence-corrected chi connectivity index (χ2v) is 5.72. The normalized spacial score (nSPS) is 17.6. The van der Waals surface area contributed by atoms with E-state index in [2.05, 4.69) is 45.5 Å². The molecular weight excluding hydrogens is 276 g/mol. The minimum atomic E-state index is 0.407. The third-order valence-electron chi connectivity index (χ3n) is 4.01. The zero-order valence-electron chi connectivity index (χ0n) is 13.5. The molecule has 1 aromatic carbocycles. The standard InChI is InChI=1S/C17H28N4O/c1-19-17(18)20-10-5-13-22-16-8-11-21(12-9-16)14-15-6-3-2-4-7-15/h2-4,6-7,16H,5,8-14H2,1H3,(H3,18,19,20). The third kappa shape index (κ3) is 6.03. The first kappa shape index (κ1) is 16.8. The summed E-state index contributed by atoms with van der Waals surface area (Å²) in [4.78, 5) is 6.36. The monoisotopic (exact) mass is 304 g/mol. The topological polar surface area (TPSA) is 62.9 Å². The highest BCUT2D eigenvalue weighted by atomic mass is 16.5. The number of hydrogen-bond acceptors (Lipinski definition) is 3. The van der Waals surface area contributed by atoms with Gasteiger partial charge in [0, 0.05) is 39.8 Å². The van der Waals surface area contributed by atoms with Crippen LogP contribution in [0.15, 0.2) is 35.3 Å². The summed E-state index contributed by atoms with van der Waals surface area (Å²) in [6, 6.07) is 10.7. The van der Waals surface area contributed by atoms with E-state index in [4.69, 9.17) is 10.5 Å². The summed E-state index contributed by atoms with van der Waals surface area (Å²) in [6.07, 6.45) is 3.61. The number of nitrogens with two attached hydrogens (primary N) is 1. The van der Waals surface area contributed by atoms with E-state index in [1.54, 1.807) is 7.05 Å². The zero-order valence-corrected chi connectivity index (χ0v) is 13.5. The van der Waals surface area contributed by atoms with Crippen LogP contribution in [0.3, 0.4) is 0 Å². The highest BCUT2D eigenvalue weighted by Gasteiger charge is 2.19. The van der Waals surface area contributed by atoms with Crippen LogP contribution in [-0.2, 0) is 11.3 Å². The second kappa shape index (κ2) is 9.43. The smallest absolute Gasteiger partial charge is 0.188 e. The molecule has 0 amide bonds. The molecule has 2 rings (SSSR count). The van der Waals surface area contributed by atoms with Gasteiger partial charge in [-0.3, -0.25) is 9.89 Å². The van der Waals surface area contributed by atoms with Crippen molar-refractivity contribution in [2.45, 2.75) is 31.9 Å². The molecule has 22 heavy (non-hydrogen) atoms. The van der Waals surface area contributed by atoms with Crippen molar-refractivity contribution in [2.24, 2.45) is 10.7 Å². The van der Waals surface area contributed by atoms with Gasteiger partial charge >= 0.3 is 0 Å². The Morgan fingerprint density at radius 1 is 1.32 bits per heavy atom. The number of guanidine groups is 1. The molecule has 1 aliphatic rings. The van der Waals surface area contributed by atoms with Crippen molar-refractivity contribution in [3.8, 4) is 0 Å². The number of aliphatic imine (C=N–C) groups is 1. The van der Waals surface area contributed by atoms with Gasteiger partial charge in [-0.2, -0.15) is 0 Å². The second-order valence-electron chi connectivity index (χ2n) is 5.72. The van der Waals surface area contributed by atoms with Gasteiger partial charge in [0.15, 0.2) is 5.96 Å². The largest absolute Gasteiger partial charge is 0.378 e. The van der Waals surface area contributed by atoms with Crippen molar-refractivity contribution in [3.05, 3.63) is 35.9 Å². The minimum Gasteiger partial charge on any atom is -0.378 e. The van der Waals surface area contributed by atoms with Gasteiger partial charge in [0.2, 0.25) is 0 Å². The van der Waals surface area contributed by atoms with Crippen LogP contribution in [0.4, 0.5) is 0 Å². The molecule has 0 spiro atoms. The Morgan fingerprint density at radius 3 is 2.73 bits per heavy atom. The van der Waals surface area contributed by atoms with E-state index in [0.717, 1.165) is 52.0 Å². The van der Waals surface area contributed by atoms with Crippen molar-refractivity contribution < 1.29 is 4.74 Å². The van der Waals surface area contributed by atoms with Gasteiger partial charge in [0.05, 0.1) is 6.10 Å². The highest BCUT2D eigenvalue weighted by molar-refractivity contribution is 5.77. The number of nitrogens with zero attached hydrogens (tertiary/aromatic N) is 2. The van der Waals surface area contributed by atoms with Crippen molar-refractivity contribution >= 4 is 5.96 Å². The Labute approximate surface area is 133 Å². The molecule has 0 saturated carbocycles. The summed E-state index contributed by atoms with van der Waals surface area (Å²) in [5.41, 5.74) is 6.96. The van der Waals surface area contributed by atoms with Gasteiger partial charge in [-0.1, -0.05) is 30.3 Å². The number of piperidine rings is 1. The van der Waals surface area contributed by atoms with Gasteiger partial charge in [0.1, 0.15) is 0 Å². The lowest BCUT2D eigenvalue weighted by atomic mass is 10.1. The molecule has 1 saturated heterocycles. The van der Waals surface area contributed by atoms with Crippen LogP contribution in [0.2, 0.25) is 0 Å². The molecule has 5 heteroatoms. The Bertz CT molecular complexity index is 441. The lowest BCUT2D eigenvalue weighted by Gasteiger charge is -2.32. The molecule has 1 heterocycles. The summed E-state index contributed by atoms with van der Waals surface area (Å²) in [6.45, 7) is 4.89. The molecule has 0 aromatic heterocycles. The Balaban J connectivity index is 1.55. The van der Waals surface area contributed by atoms with E-state index in [9.17, 15) is 0 Å². The molecule has 0 bridgehead atoms. The molecule has 5 nitrogen and oxygen atoms in total. The maximum atomic E-state index is 5.95. The van der Waals surface area contributed by atoms with Crippen LogP contribution in [0.1, 0.15) is 24.8 Å². The van der Waals surface area contributed by atoms with Gasteiger partial charge in [0.25, 0.3) is 0 Å². The molecule has 0 aliphatic carbocycles. The van der Waals surface area contributed by atoms with Crippen LogP contribution in [0.5, 0.6) is 0 Å². The molecule has 1 fully saturated rings. The molecule has 0 unspecified atom stereocenters. The number of likely N-dealkylation sites (tertiary alicyclic amines) is 1. The fourth-order valence-corrected chi connectivity index (χ4v) is 2.69. The van der Waals surface area contributed by atoms with Gasteiger partial charge in [-0.25, -0.2) is 0 Å². The number of hydrogen-bond donors (Lipinski definition) is 2. The average molecular weight is 304 g/mol. The van der Waals surface area contributed by atoms with Crippen molar-refractivity contribution in [1.82, 2.24) is 10.2 Å². The van der Waals surface area contributed by atoms with E-state index in [1.165, 1.54) is 5.56 Å². The van der Waals surface area contributed by atoms with Crippen molar-refractivity contribution in [2.75, 3.05) is 33.3 Å². The first-order valence-corrected chi connectivity index (χ1v) is 8.12. The van der Waals surface area contributed by atoms with Gasteiger partial charge in [-0.05, 0) is 24.8 Å². The summed E-state index contributed by atoms with van der Waals surface area (Å²) in [5, 5.41) is 3.04. The molecule has 1 aromatic rings. The lowest BCUT2D eigenvalue weighted by Crippen LogP contribution is -2.37. The van der Waals surface area contributed by atoms with Crippen LogP contribution < -0.4 is 11.1 Å². The number of nitrogens with one attached hydrogen (secondary N) is 1. The van der Waals surface area contributed by atoms with Crippen LogP contribution in [-0.4, -0.2) is 50.3 Å². The highest BCUT2D eigenvalue weighted by Crippen LogP contribution is 2.16. The molecule has 0 radical (unpaired) electrons. The van der Waals surface area contributed by atoms with E-state index >= 15 is 0 Å². The van der Waals surface area contributed by atoms with Crippen LogP contribution >= 0.6 is 0 Å². The van der Waals surface area contributed by atoms with Crippen molar-refractivity contribution in [3.63, 3.8) is 0 Å². The predicted octanol–water partition coefficient (Wildman–Crippen LogP) is 1.59. The number of rotatable bonds is 7. The van der Waals surface area contributed by atoms with E-state index in [1.807, 2.05) is 0 Å². The summed E-state index contributed by atoms with van der Waals surface area (Å²) in [7, 11) is 1.68. The Morgan fingerprint density at radius 2 is 2.05 bits per heavy atom. The molecule has 122 valence electrons. The minimum absolute atomic E-state index is 0.407. The maximum absolute atomic E-state index is 5.95. The van der Waals surface area contributed by atoms with Crippen LogP contribution in [0.25, 0.3) is 0 Å². The number of ether oxygens (including phenoxy) is 1. The average Bonchev–Trinajstić information content (AvgIpc) is 2.57. The summed E-state index contributed by atoms with van der Waals surface area (Å²) >= 11 is 0. The van der Waals surface area contributed by atoms with Crippen molar-refractivity contribution in [1.29, 1.82) is 0 Å². The lowest BCUT2D eigenvalue weighted by molar-refractivity contribution is 0.00535. The van der Waals surface area contributed by atoms with Crippen LogP contribution in [0, 0.1) is 0 Å². The summed E-state index contributed by atoms with van der Waals surface area (Å²) < 4.78 is 5.95. The zero-order chi connectivity index (χ0) is 15.6. The maximum Gasteiger partial charge on any atom is 0.188 e. The molecule has 1 aliphatic heterocycles. The van der Waals surface area contributed by atoms with E-state index < -0.39 is 0 Å². The Kier molecular flexibility index (Phi) is 7.19. The van der Waals surface area contributed by atoms with E-state index in [0.29, 0.717) is 12.1 Å². The third-order valence-corrected chi connectivity index (χ3v) is 4.01. The SMILES string of the molecule is CN=C(N)NCCCOC1CCN(Cc2ccccc2)CC1. The molecule has 3 N–H and O–H groups in total. The van der Waals surface area contributed by atoms with Gasteiger partial charge < -0.3 is 15.8 Å². The summed E-state index contributed by atoms with van der Waals surface area (Å²) in [5.74, 6) is 0.495. The van der Waals surface area contributed by atoms with E-state index in [-0.39, 0.29) is 0 Å². The number of benzene rings is 1. The fraction of sp³-hybridized carbons (Fsp3) is 0.588. The first-order chi connectivity index (χ1) is 10.8. The molecular formula is C17H28N4O. The first-order valence-electron chi connectivity index (χ1n) is 8.12. The Hall–Kier alpha value is -1.59. The fourth-order valence-electron chi connectivity index (χ4n) is 2.69. The quantitative estimate of drug-likeness (QED) is 0.456. The molecule has 0 atom stereocenters. The predicted molar refractivity (Wildman–Crippen MR) is 90.9 cm³/mol. The van der Waals surface area contributed by atoms with Gasteiger partial charge in [-0.15, -0.1) is 0 Å².